The molecule has 2 aliphatic rings. The summed E-state index contributed by atoms with van der Waals surface area (Å²) in [5, 5.41) is 9.76. The maximum atomic E-state index is 8.94. The highest BCUT2D eigenvalue weighted by molar-refractivity contribution is 8.00. The van der Waals surface area contributed by atoms with Gasteiger partial charge < -0.3 is 20.3 Å². The third-order valence-corrected chi connectivity index (χ3v) is 5.17. The number of rotatable bonds is 4. The van der Waals surface area contributed by atoms with E-state index in [4.69, 9.17) is 20.3 Å². The van der Waals surface area contributed by atoms with E-state index in [1.165, 1.54) is 0 Å². The summed E-state index contributed by atoms with van der Waals surface area (Å²) >= 11 is 1.87. The first-order valence-corrected chi connectivity index (χ1v) is 7.39. The van der Waals surface area contributed by atoms with E-state index in [1.54, 1.807) is 0 Å². The lowest BCUT2D eigenvalue weighted by Gasteiger charge is -2.40. The van der Waals surface area contributed by atoms with E-state index in [2.05, 4.69) is 6.92 Å². The summed E-state index contributed by atoms with van der Waals surface area (Å²) in [6.45, 7) is 3.80. The molecule has 2 fully saturated rings. The summed E-state index contributed by atoms with van der Waals surface area (Å²) in [6.07, 6.45) is 3.58. The molecule has 1 saturated carbocycles. The van der Waals surface area contributed by atoms with E-state index >= 15 is 0 Å². The molecule has 5 heteroatoms. The standard InChI is InChI=1S/C12H23NO3S/c1-9(3-5-14)17-11-8-12(4-2-10(11)13)15-6-7-16-12/h9-11,14H,2-8,13H2,1H3. The molecule has 4 nitrogen and oxygen atoms in total. The van der Waals surface area contributed by atoms with Crippen molar-refractivity contribution in [3.8, 4) is 0 Å². The molecule has 3 unspecified atom stereocenters. The van der Waals surface area contributed by atoms with Crippen LogP contribution < -0.4 is 5.73 Å². The van der Waals surface area contributed by atoms with E-state index in [0.29, 0.717) is 23.7 Å². The third kappa shape index (κ3) is 3.35. The van der Waals surface area contributed by atoms with E-state index in [0.717, 1.165) is 25.7 Å². The zero-order valence-corrected chi connectivity index (χ0v) is 11.2. The van der Waals surface area contributed by atoms with Crippen LogP contribution in [0.15, 0.2) is 0 Å². The Hall–Kier alpha value is 0.190. The lowest BCUT2D eigenvalue weighted by molar-refractivity contribution is -0.176. The molecular weight excluding hydrogens is 238 g/mol. The molecule has 1 saturated heterocycles. The zero-order valence-electron chi connectivity index (χ0n) is 10.4. The van der Waals surface area contributed by atoms with Crippen LogP contribution in [0.3, 0.4) is 0 Å². The lowest BCUT2D eigenvalue weighted by Crippen LogP contribution is -2.48. The largest absolute Gasteiger partial charge is 0.396 e. The van der Waals surface area contributed by atoms with Crippen molar-refractivity contribution in [1.82, 2.24) is 0 Å². The van der Waals surface area contributed by atoms with Crippen molar-refractivity contribution < 1.29 is 14.6 Å². The van der Waals surface area contributed by atoms with E-state index in [9.17, 15) is 0 Å². The van der Waals surface area contributed by atoms with Crippen LogP contribution in [0.4, 0.5) is 0 Å². The van der Waals surface area contributed by atoms with Gasteiger partial charge in [0, 0.05) is 36.0 Å². The topological polar surface area (TPSA) is 64.7 Å². The molecule has 1 heterocycles. The molecule has 17 heavy (non-hydrogen) atoms. The molecule has 0 radical (unpaired) electrons. The van der Waals surface area contributed by atoms with Gasteiger partial charge in [-0.1, -0.05) is 6.92 Å². The van der Waals surface area contributed by atoms with Gasteiger partial charge in [-0.05, 0) is 12.8 Å². The summed E-state index contributed by atoms with van der Waals surface area (Å²) in [6, 6.07) is 0.222. The number of aliphatic hydroxyl groups is 1. The second kappa shape index (κ2) is 5.89. The van der Waals surface area contributed by atoms with Crippen molar-refractivity contribution in [3.05, 3.63) is 0 Å². The number of hydrogen-bond acceptors (Lipinski definition) is 5. The van der Waals surface area contributed by atoms with E-state index in [1.807, 2.05) is 11.8 Å². The number of ether oxygens (including phenoxy) is 2. The first kappa shape index (κ1) is 13.6. The Balaban J connectivity index is 1.90. The fourth-order valence-electron chi connectivity index (χ4n) is 2.59. The Kier molecular flexibility index (Phi) is 4.72. The molecule has 0 amide bonds. The van der Waals surface area contributed by atoms with Crippen LogP contribution in [-0.4, -0.2) is 47.3 Å². The highest BCUT2D eigenvalue weighted by Crippen LogP contribution is 2.41. The normalized spacial score (nSPS) is 34.1. The molecule has 100 valence electrons. The van der Waals surface area contributed by atoms with Gasteiger partial charge in [-0.15, -0.1) is 0 Å². The minimum Gasteiger partial charge on any atom is -0.396 e. The Morgan fingerprint density at radius 3 is 2.82 bits per heavy atom. The molecule has 0 bridgehead atoms. The molecular formula is C12H23NO3S. The lowest BCUT2D eigenvalue weighted by atomic mass is 9.90. The Bertz CT molecular complexity index is 246. The van der Waals surface area contributed by atoms with Crippen LogP contribution in [0.2, 0.25) is 0 Å². The molecule has 1 spiro atoms. The quantitative estimate of drug-likeness (QED) is 0.794. The van der Waals surface area contributed by atoms with Gasteiger partial charge in [0.1, 0.15) is 0 Å². The maximum Gasteiger partial charge on any atom is 0.169 e. The van der Waals surface area contributed by atoms with Gasteiger partial charge in [0.25, 0.3) is 0 Å². The van der Waals surface area contributed by atoms with Gasteiger partial charge >= 0.3 is 0 Å². The molecule has 0 aromatic rings. The van der Waals surface area contributed by atoms with Crippen LogP contribution in [-0.2, 0) is 9.47 Å². The minimum absolute atomic E-state index is 0.222. The van der Waals surface area contributed by atoms with E-state index in [-0.39, 0.29) is 18.4 Å². The second-order valence-corrected chi connectivity index (χ2v) is 6.69. The average Bonchev–Trinajstić information content (AvgIpc) is 2.73. The Morgan fingerprint density at radius 1 is 1.47 bits per heavy atom. The molecule has 0 aromatic heterocycles. The predicted octanol–water partition coefficient (Wildman–Crippen LogP) is 1.11. The summed E-state index contributed by atoms with van der Waals surface area (Å²) in [7, 11) is 0. The highest BCUT2D eigenvalue weighted by Gasteiger charge is 2.44. The van der Waals surface area contributed by atoms with Crippen LogP contribution in [0.1, 0.15) is 32.6 Å². The Morgan fingerprint density at radius 2 is 2.18 bits per heavy atom. The van der Waals surface area contributed by atoms with Crippen LogP contribution in [0.25, 0.3) is 0 Å². The fourth-order valence-corrected chi connectivity index (χ4v) is 4.12. The van der Waals surface area contributed by atoms with Gasteiger partial charge in [0.05, 0.1) is 13.2 Å². The Labute approximate surface area is 107 Å². The minimum atomic E-state index is -0.355. The molecule has 0 aromatic carbocycles. The van der Waals surface area contributed by atoms with Gasteiger partial charge in [0.15, 0.2) is 5.79 Å². The number of nitrogens with two attached hydrogens (primary N) is 1. The predicted molar refractivity (Wildman–Crippen MR) is 69.0 cm³/mol. The van der Waals surface area contributed by atoms with Crippen molar-refractivity contribution in [2.45, 2.75) is 54.9 Å². The molecule has 2 rings (SSSR count). The summed E-state index contributed by atoms with van der Waals surface area (Å²) in [5.74, 6) is -0.355. The van der Waals surface area contributed by atoms with Crippen molar-refractivity contribution in [2.24, 2.45) is 5.73 Å². The number of thioether (sulfide) groups is 1. The summed E-state index contributed by atoms with van der Waals surface area (Å²) in [4.78, 5) is 0. The van der Waals surface area contributed by atoms with Crippen LogP contribution >= 0.6 is 11.8 Å². The van der Waals surface area contributed by atoms with Gasteiger partial charge in [-0.3, -0.25) is 0 Å². The summed E-state index contributed by atoms with van der Waals surface area (Å²) in [5.41, 5.74) is 6.18. The first-order valence-electron chi connectivity index (χ1n) is 6.45. The molecule has 3 atom stereocenters. The molecule has 1 aliphatic carbocycles. The molecule has 3 N–H and O–H groups in total. The van der Waals surface area contributed by atoms with Crippen LogP contribution in [0, 0.1) is 0 Å². The smallest absolute Gasteiger partial charge is 0.169 e. The van der Waals surface area contributed by atoms with Crippen molar-refractivity contribution in [1.29, 1.82) is 0 Å². The fraction of sp³-hybridized carbons (Fsp3) is 1.00. The average molecular weight is 261 g/mol. The van der Waals surface area contributed by atoms with Gasteiger partial charge in [-0.25, -0.2) is 0 Å². The monoisotopic (exact) mass is 261 g/mol. The van der Waals surface area contributed by atoms with Crippen molar-refractivity contribution in [3.63, 3.8) is 0 Å². The molecule has 1 aliphatic heterocycles. The highest BCUT2D eigenvalue weighted by atomic mass is 32.2. The van der Waals surface area contributed by atoms with Crippen molar-refractivity contribution >= 4 is 11.8 Å². The van der Waals surface area contributed by atoms with E-state index < -0.39 is 0 Å². The maximum absolute atomic E-state index is 8.94. The van der Waals surface area contributed by atoms with Crippen molar-refractivity contribution in [2.75, 3.05) is 19.8 Å². The second-order valence-electron chi connectivity index (χ2n) is 5.01. The summed E-state index contributed by atoms with van der Waals surface area (Å²) < 4.78 is 11.5. The van der Waals surface area contributed by atoms with Gasteiger partial charge in [0.2, 0.25) is 0 Å². The van der Waals surface area contributed by atoms with Gasteiger partial charge in [-0.2, -0.15) is 11.8 Å². The third-order valence-electron chi connectivity index (χ3n) is 3.60. The number of aliphatic hydroxyl groups excluding tert-OH is 1. The van der Waals surface area contributed by atoms with Crippen LogP contribution in [0.5, 0.6) is 0 Å². The zero-order chi connectivity index (χ0) is 12.3. The SMILES string of the molecule is CC(CCO)SC1CC2(CCC1N)OCCO2. The number of hydrogen-bond donors (Lipinski definition) is 2. The first-order chi connectivity index (χ1) is 8.15.